The van der Waals surface area contributed by atoms with Gasteiger partial charge in [-0.1, -0.05) is 104 Å². The number of nitrogens with zero attached hydrogens (tertiary/aromatic N) is 2. The monoisotopic (exact) mass is 651 g/mol. The number of hydrogen-bond donors (Lipinski definition) is 1. The van der Waals surface area contributed by atoms with Crippen LogP contribution in [-0.4, -0.2) is 43.8 Å². The minimum Gasteiger partial charge on any atom is -0.352 e. The molecule has 0 bridgehead atoms. The minimum absolute atomic E-state index is 0.0529. The van der Waals surface area contributed by atoms with Crippen LogP contribution in [0.25, 0.3) is 0 Å². The Hall–Kier alpha value is -4.43. The highest BCUT2D eigenvalue weighted by atomic mass is 32.2. The van der Waals surface area contributed by atoms with E-state index in [9.17, 15) is 18.0 Å². The molecule has 1 fully saturated rings. The first-order valence-electron chi connectivity index (χ1n) is 16.5. The van der Waals surface area contributed by atoms with Gasteiger partial charge in [0.25, 0.3) is 10.0 Å². The Balaban J connectivity index is 1.56. The molecule has 0 aromatic heterocycles. The molecule has 2 amide bonds. The second kappa shape index (κ2) is 15.4. The fourth-order valence-electron chi connectivity index (χ4n) is 6.13. The Morgan fingerprint density at radius 1 is 0.766 bits per heavy atom. The highest BCUT2D eigenvalue weighted by Crippen LogP contribution is 2.27. The summed E-state index contributed by atoms with van der Waals surface area (Å²) in [6, 6.07) is 30.5. The van der Waals surface area contributed by atoms with Crippen molar-refractivity contribution < 1.29 is 18.0 Å². The molecule has 246 valence electrons. The third-order valence-corrected chi connectivity index (χ3v) is 10.9. The van der Waals surface area contributed by atoms with Crippen molar-refractivity contribution in [3.63, 3.8) is 0 Å². The summed E-state index contributed by atoms with van der Waals surface area (Å²) < 4.78 is 29.8. The van der Waals surface area contributed by atoms with Crippen LogP contribution in [0.15, 0.2) is 108 Å². The molecule has 47 heavy (non-hydrogen) atoms. The summed E-state index contributed by atoms with van der Waals surface area (Å²) in [4.78, 5) is 30.6. The fraction of sp³-hybridized carbons (Fsp3) is 0.333. The second-order valence-electron chi connectivity index (χ2n) is 12.6. The van der Waals surface area contributed by atoms with E-state index >= 15 is 0 Å². The molecule has 0 spiro atoms. The van der Waals surface area contributed by atoms with E-state index in [0.717, 1.165) is 59.9 Å². The lowest BCUT2D eigenvalue weighted by Gasteiger charge is -2.35. The molecular formula is C39H45N3O4S. The summed E-state index contributed by atoms with van der Waals surface area (Å²) in [5, 5.41) is 3.26. The van der Waals surface area contributed by atoms with Gasteiger partial charge in [-0.3, -0.25) is 13.9 Å². The third kappa shape index (κ3) is 8.69. The Bertz CT molecular complexity index is 1750. The van der Waals surface area contributed by atoms with E-state index < -0.39 is 28.5 Å². The predicted octanol–water partition coefficient (Wildman–Crippen LogP) is 6.90. The standard InChI is InChI=1S/C39H45N3O4S/c1-29-19-23-36(24-20-29)47(45,46)42(35-22-21-30(2)31(3)25-35)28-38(43)41(27-33-15-9-5-10-16-33)37(26-32-13-7-4-8-14-32)39(44)40-34-17-11-6-12-18-34/h4-5,7-10,13-16,19-25,34,37H,6,11-12,17-18,26-28H2,1-3H3,(H,40,44)/t37-/m1/s1. The van der Waals surface area contributed by atoms with Crippen molar-refractivity contribution in [2.24, 2.45) is 0 Å². The molecule has 1 aliphatic carbocycles. The van der Waals surface area contributed by atoms with E-state index in [1.165, 1.54) is 4.31 Å². The van der Waals surface area contributed by atoms with Crippen LogP contribution in [0.1, 0.15) is 59.9 Å². The number of hydrogen-bond acceptors (Lipinski definition) is 4. The number of benzene rings is 4. The molecule has 0 saturated heterocycles. The number of amides is 2. The molecule has 1 atom stereocenters. The fourth-order valence-corrected chi connectivity index (χ4v) is 7.53. The summed E-state index contributed by atoms with van der Waals surface area (Å²) in [6.45, 7) is 5.47. The summed E-state index contributed by atoms with van der Waals surface area (Å²) in [5.74, 6) is -0.674. The largest absolute Gasteiger partial charge is 0.352 e. The van der Waals surface area contributed by atoms with E-state index in [0.29, 0.717) is 12.1 Å². The summed E-state index contributed by atoms with van der Waals surface area (Å²) in [7, 11) is -4.14. The molecular weight excluding hydrogens is 607 g/mol. The number of carbonyl (C=O) groups excluding carboxylic acids is 2. The lowest BCUT2D eigenvalue weighted by atomic mass is 9.94. The highest BCUT2D eigenvalue weighted by Gasteiger charge is 2.35. The maximum Gasteiger partial charge on any atom is 0.264 e. The summed E-state index contributed by atoms with van der Waals surface area (Å²) >= 11 is 0. The van der Waals surface area contributed by atoms with E-state index in [1.54, 1.807) is 41.3 Å². The number of sulfonamides is 1. The Morgan fingerprint density at radius 2 is 1.38 bits per heavy atom. The van der Waals surface area contributed by atoms with Crippen LogP contribution >= 0.6 is 0 Å². The Labute approximate surface area is 279 Å². The normalized spacial score (nSPS) is 14.3. The number of carbonyl (C=O) groups is 2. The summed E-state index contributed by atoms with van der Waals surface area (Å²) in [5.41, 5.74) is 5.02. The van der Waals surface area contributed by atoms with Gasteiger partial charge in [0.15, 0.2) is 0 Å². The van der Waals surface area contributed by atoms with Crippen LogP contribution in [0, 0.1) is 20.8 Å². The van der Waals surface area contributed by atoms with Crippen molar-refractivity contribution in [2.45, 2.75) is 82.8 Å². The van der Waals surface area contributed by atoms with Gasteiger partial charge in [-0.15, -0.1) is 0 Å². The van der Waals surface area contributed by atoms with Crippen LogP contribution < -0.4 is 9.62 Å². The van der Waals surface area contributed by atoms with Crippen molar-refractivity contribution in [2.75, 3.05) is 10.8 Å². The van der Waals surface area contributed by atoms with E-state index in [-0.39, 0.29) is 23.4 Å². The number of aryl methyl sites for hydroxylation is 3. The van der Waals surface area contributed by atoms with Crippen molar-refractivity contribution >= 4 is 27.5 Å². The molecule has 0 unspecified atom stereocenters. The van der Waals surface area contributed by atoms with Crippen molar-refractivity contribution in [3.05, 3.63) is 131 Å². The van der Waals surface area contributed by atoms with Gasteiger partial charge in [0.1, 0.15) is 12.6 Å². The average molecular weight is 652 g/mol. The van der Waals surface area contributed by atoms with Gasteiger partial charge in [-0.2, -0.15) is 0 Å². The smallest absolute Gasteiger partial charge is 0.264 e. The maximum atomic E-state index is 14.7. The highest BCUT2D eigenvalue weighted by molar-refractivity contribution is 7.92. The molecule has 0 radical (unpaired) electrons. The molecule has 1 saturated carbocycles. The first-order valence-corrected chi connectivity index (χ1v) is 17.9. The van der Waals surface area contributed by atoms with Crippen LogP contribution in [0.4, 0.5) is 5.69 Å². The maximum absolute atomic E-state index is 14.7. The second-order valence-corrected chi connectivity index (χ2v) is 14.5. The molecule has 4 aromatic rings. The number of nitrogens with one attached hydrogen (secondary N) is 1. The molecule has 1 N–H and O–H groups in total. The van der Waals surface area contributed by atoms with Gasteiger partial charge < -0.3 is 10.2 Å². The predicted molar refractivity (Wildman–Crippen MR) is 188 cm³/mol. The zero-order chi connectivity index (χ0) is 33.4. The van der Waals surface area contributed by atoms with Crippen LogP contribution in [0.5, 0.6) is 0 Å². The quantitative estimate of drug-likeness (QED) is 0.181. The van der Waals surface area contributed by atoms with Gasteiger partial charge in [0.05, 0.1) is 10.6 Å². The minimum atomic E-state index is -4.14. The van der Waals surface area contributed by atoms with Gasteiger partial charge in [-0.05, 0) is 80.1 Å². The molecule has 7 nitrogen and oxygen atoms in total. The van der Waals surface area contributed by atoms with E-state index in [1.807, 2.05) is 87.5 Å². The van der Waals surface area contributed by atoms with Crippen LogP contribution in [0.2, 0.25) is 0 Å². The molecule has 0 aliphatic heterocycles. The first kappa shape index (κ1) is 33.9. The summed E-state index contributed by atoms with van der Waals surface area (Å²) in [6.07, 6.45) is 5.39. The third-order valence-electron chi connectivity index (χ3n) is 9.08. The topological polar surface area (TPSA) is 86.8 Å². The van der Waals surface area contributed by atoms with Crippen molar-refractivity contribution in [1.29, 1.82) is 0 Å². The van der Waals surface area contributed by atoms with Crippen molar-refractivity contribution in [3.8, 4) is 0 Å². The molecule has 4 aromatic carbocycles. The molecule has 0 heterocycles. The molecule has 5 rings (SSSR count). The first-order chi connectivity index (χ1) is 22.6. The van der Waals surface area contributed by atoms with Crippen LogP contribution in [-0.2, 0) is 32.6 Å². The van der Waals surface area contributed by atoms with Gasteiger partial charge in [-0.25, -0.2) is 8.42 Å². The SMILES string of the molecule is Cc1ccc(S(=O)(=O)N(CC(=O)N(Cc2ccccc2)[C@H](Cc2ccccc2)C(=O)NC2CCCCC2)c2ccc(C)c(C)c2)cc1. The lowest BCUT2D eigenvalue weighted by molar-refractivity contribution is -0.140. The number of anilines is 1. The average Bonchev–Trinajstić information content (AvgIpc) is 3.08. The van der Waals surface area contributed by atoms with E-state index in [4.69, 9.17) is 0 Å². The lowest BCUT2D eigenvalue weighted by Crippen LogP contribution is -2.55. The Morgan fingerprint density at radius 3 is 2.00 bits per heavy atom. The van der Waals surface area contributed by atoms with Crippen LogP contribution in [0.3, 0.4) is 0 Å². The van der Waals surface area contributed by atoms with Gasteiger partial charge in [0, 0.05) is 19.0 Å². The zero-order valence-corrected chi connectivity index (χ0v) is 28.4. The zero-order valence-electron chi connectivity index (χ0n) is 27.6. The van der Waals surface area contributed by atoms with Crippen molar-refractivity contribution in [1.82, 2.24) is 10.2 Å². The number of rotatable bonds is 12. The molecule has 1 aliphatic rings. The Kier molecular flexibility index (Phi) is 11.1. The van der Waals surface area contributed by atoms with E-state index in [2.05, 4.69) is 5.32 Å². The van der Waals surface area contributed by atoms with Gasteiger partial charge >= 0.3 is 0 Å². The molecule has 8 heteroatoms. The van der Waals surface area contributed by atoms with Gasteiger partial charge in [0.2, 0.25) is 11.8 Å².